The zero-order chi connectivity index (χ0) is 37.6. The molecule has 0 radical (unpaired) electrons. The minimum absolute atomic E-state index is 0.0299. The summed E-state index contributed by atoms with van der Waals surface area (Å²) < 4.78 is 20.6. The summed E-state index contributed by atoms with van der Waals surface area (Å²) in [6.07, 6.45) is 3.27. The van der Waals surface area contributed by atoms with Crippen LogP contribution in [-0.4, -0.2) is 122 Å². The van der Waals surface area contributed by atoms with Crippen LogP contribution < -0.4 is 25.8 Å². The number of ether oxygens (including phenoxy) is 1. The molecule has 5 aromatic rings. The van der Waals surface area contributed by atoms with Crippen molar-refractivity contribution in [2.75, 3.05) is 106 Å². The number of amides is 2. The summed E-state index contributed by atoms with van der Waals surface area (Å²) in [6.45, 7) is 6.66. The number of anilines is 6. The van der Waals surface area contributed by atoms with E-state index >= 15 is 4.39 Å². The molecule has 7 rings (SSSR count). The Labute approximate surface area is 313 Å². The Hall–Kier alpha value is -5.90. The molecule has 0 atom stereocenters. The SMILES string of the molecule is CN(C)C/C=C/C(=O)Nc1cccc(-c2nc(Nc3cccc(N4CCN(C)CC4)c3)nc3[nH]nc(C(=O)Nc4ccc(N5CCOCC5)c(F)c4)c23)c1. The van der Waals surface area contributed by atoms with Crippen molar-refractivity contribution in [3.8, 4) is 11.3 Å². The summed E-state index contributed by atoms with van der Waals surface area (Å²) in [7, 11) is 5.97. The zero-order valence-corrected chi connectivity index (χ0v) is 30.6. The maximum absolute atomic E-state index is 15.2. The van der Waals surface area contributed by atoms with Gasteiger partial charge in [-0.2, -0.15) is 10.1 Å². The lowest BCUT2D eigenvalue weighted by Gasteiger charge is -2.34. The number of benzene rings is 3. The summed E-state index contributed by atoms with van der Waals surface area (Å²) in [6, 6.07) is 19.9. The second-order valence-corrected chi connectivity index (χ2v) is 13.6. The molecule has 2 fully saturated rings. The van der Waals surface area contributed by atoms with Crippen LogP contribution in [0.4, 0.5) is 38.8 Å². The van der Waals surface area contributed by atoms with Gasteiger partial charge < -0.3 is 40.3 Å². The largest absolute Gasteiger partial charge is 0.378 e. The van der Waals surface area contributed by atoms with Gasteiger partial charge in [0.2, 0.25) is 11.9 Å². The number of piperazine rings is 1. The Balaban J connectivity index is 1.21. The molecule has 0 bridgehead atoms. The van der Waals surface area contributed by atoms with E-state index in [0.29, 0.717) is 66.5 Å². The van der Waals surface area contributed by atoms with Crippen molar-refractivity contribution < 1.29 is 18.7 Å². The quantitative estimate of drug-likeness (QED) is 0.139. The van der Waals surface area contributed by atoms with E-state index in [1.165, 1.54) is 12.1 Å². The molecular weight excluding hydrogens is 690 g/mol. The molecule has 0 saturated carbocycles. The maximum Gasteiger partial charge on any atom is 0.276 e. The summed E-state index contributed by atoms with van der Waals surface area (Å²) in [5.74, 6) is -1.01. The van der Waals surface area contributed by atoms with Gasteiger partial charge in [-0.15, -0.1) is 0 Å². The van der Waals surface area contributed by atoms with Gasteiger partial charge in [0.15, 0.2) is 11.3 Å². The van der Waals surface area contributed by atoms with Gasteiger partial charge in [-0.1, -0.05) is 24.3 Å². The first-order valence-corrected chi connectivity index (χ1v) is 17.9. The van der Waals surface area contributed by atoms with Crippen LogP contribution in [-0.2, 0) is 9.53 Å². The van der Waals surface area contributed by atoms with E-state index in [0.717, 1.165) is 37.6 Å². The van der Waals surface area contributed by atoms with Crippen LogP contribution in [0, 0.1) is 5.82 Å². The lowest BCUT2D eigenvalue weighted by Crippen LogP contribution is -2.44. The smallest absolute Gasteiger partial charge is 0.276 e. The number of hydrogen-bond acceptors (Lipinski definition) is 11. The molecule has 4 heterocycles. The summed E-state index contributed by atoms with van der Waals surface area (Å²) >= 11 is 0. The number of carbonyl (C=O) groups excluding carboxylic acids is 2. The van der Waals surface area contributed by atoms with E-state index in [9.17, 15) is 9.59 Å². The highest BCUT2D eigenvalue weighted by Crippen LogP contribution is 2.33. The molecule has 0 spiro atoms. The molecule has 2 amide bonds. The van der Waals surface area contributed by atoms with Gasteiger partial charge in [0.05, 0.1) is 30.0 Å². The lowest BCUT2D eigenvalue weighted by molar-refractivity contribution is -0.111. The van der Waals surface area contributed by atoms with Crippen molar-refractivity contribution in [1.29, 1.82) is 0 Å². The van der Waals surface area contributed by atoms with Crippen molar-refractivity contribution >= 4 is 57.2 Å². The Morgan fingerprint density at radius 2 is 1.65 bits per heavy atom. The molecule has 2 aromatic heterocycles. The van der Waals surface area contributed by atoms with Crippen LogP contribution in [0.15, 0.2) is 78.9 Å². The minimum atomic E-state index is -0.569. The molecule has 0 unspecified atom stereocenters. The highest BCUT2D eigenvalue weighted by Gasteiger charge is 2.23. The van der Waals surface area contributed by atoms with Crippen LogP contribution in [0.2, 0.25) is 0 Å². The first-order chi connectivity index (χ1) is 26.2. The van der Waals surface area contributed by atoms with Crippen LogP contribution in [0.25, 0.3) is 22.3 Å². The number of aromatic amines is 1. The third-order valence-corrected chi connectivity index (χ3v) is 9.31. The monoisotopic (exact) mass is 733 g/mol. The first kappa shape index (κ1) is 36.5. The number of hydrogen-bond donors (Lipinski definition) is 4. The Morgan fingerprint density at radius 1 is 0.889 bits per heavy atom. The topological polar surface area (TPSA) is 147 Å². The Bertz CT molecular complexity index is 2160. The molecule has 4 N–H and O–H groups in total. The second-order valence-electron chi connectivity index (χ2n) is 13.6. The Morgan fingerprint density at radius 3 is 2.43 bits per heavy atom. The number of aromatic nitrogens is 4. The van der Waals surface area contributed by atoms with Gasteiger partial charge in [0.25, 0.3) is 5.91 Å². The lowest BCUT2D eigenvalue weighted by atomic mass is 10.1. The van der Waals surface area contributed by atoms with Crippen molar-refractivity contribution in [3.05, 3.63) is 90.4 Å². The van der Waals surface area contributed by atoms with Crippen molar-refractivity contribution in [3.63, 3.8) is 0 Å². The average Bonchev–Trinajstić information content (AvgIpc) is 3.60. The molecule has 14 nitrogen and oxygen atoms in total. The average molecular weight is 734 g/mol. The van der Waals surface area contributed by atoms with E-state index in [4.69, 9.17) is 14.7 Å². The number of fused-ring (bicyclic) bond motifs is 1. The third kappa shape index (κ3) is 8.65. The number of likely N-dealkylation sites (N-methyl/N-ethyl adjacent to an activating group) is 2. The molecule has 54 heavy (non-hydrogen) atoms. The normalized spacial score (nSPS) is 15.3. The fourth-order valence-electron chi connectivity index (χ4n) is 6.47. The van der Waals surface area contributed by atoms with Crippen LogP contribution in [0.1, 0.15) is 10.5 Å². The summed E-state index contributed by atoms with van der Waals surface area (Å²) in [5.41, 5.74) is 4.52. The van der Waals surface area contributed by atoms with E-state index in [1.54, 1.807) is 36.4 Å². The van der Waals surface area contributed by atoms with Crippen molar-refractivity contribution in [2.24, 2.45) is 0 Å². The molecule has 15 heteroatoms. The van der Waals surface area contributed by atoms with Gasteiger partial charge in [0, 0.05) is 80.2 Å². The van der Waals surface area contributed by atoms with Gasteiger partial charge in [-0.3, -0.25) is 14.7 Å². The molecular formula is C39H44FN11O3. The molecule has 2 aliphatic heterocycles. The van der Waals surface area contributed by atoms with Gasteiger partial charge in [0.1, 0.15) is 5.82 Å². The van der Waals surface area contributed by atoms with Crippen molar-refractivity contribution in [1.82, 2.24) is 30.0 Å². The second kappa shape index (κ2) is 16.4. The van der Waals surface area contributed by atoms with E-state index in [1.807, 2.05) is 42.1 Å². The summed E-state index contributed by atoms with van der Waals surface area (Å²) in [4.78, 5) is 44.7. The fourth-order valence-corrected chi connectivity index (χ4v) is 6.47. The fraction of sp³-hybridized carbons (Fsp3) is 0.308. The zero-order valence-electron chi connectivity index (χ0n) is 30.6. The third-order valence-electron chi connectivity index (χ3n) is 9.31. The molecule has 280 valence electrons. The molecule has 2 saturated heterocycles. The number of morpholine rings is 1. The van der Waals surface area contributed by atoms with Crippen LogP contribution >= 0.6 is 0 Å². The molecule has 0 aliphatic carbocycles. The van der Waals surface area contributed by atoms with Crippen molar-refractivity contribution in [2.45, 2.75) is 0 Å². The van der Waals surface area contributed by atoms with E-state index < -0.39 is 11.7 Å². The number of halogens is 1. The van der Waals surface area contributed by atoms with E-state index in [2.05, 4.69) is 55.1 Å². The van der Waals surface area contributed by atoms with Crippen LogP contribution in [0.5, 0.6) is 0 Å². The highest BCUT2D eigenvalue weighted by molar-refractivity contribution is 6.14. The van der Waals surface area contributed by atoms with Gasteiger partial charge in [-0.05, 0) is 69.7 Å². The van der Waals surface area contributed by atoms with Gasteiger partial charge >= 0.3 is 0 Å². The van der Waals surface area contributed by atoms with Gasteiger partial charge in [-0.25, -0.2) is 9.37 Å². The minimum Gasteiger partial charge on any atom is -0.378 e. The molecule has 2 aliphatic rings. The number of rotatable bonds is 11. The number of H-pyrrole nitrogens is 1. The predicted molar refractivity (Wildman–Crippen MR) is 210 cm³/mol. The highest BCUT2D eigenvalue weighted by atomic mass is 19.1. The number of nitrogens with zero attached hydrogens (tertiary/aromatic N) is 7. The Kier molecular flexibility index (Phi) is 11.1. The van der Waals surface area contributed by atoms with Crippen LogP contribution in [0.3, 0.4) is 0 Å². The predicted octanol–water partition coefficient (Wildman–Crippen LogP) is 4.80. The van der Waals surface area contributed by atoms with E-state index in [-0.39, 0.29) is 23.2 Å². The number of carbonyl (C=O) groups is 2. The standard InChI is InChI=1S/C39H44FN11O3/c1-48(2)14-6-11-33(52)41-27-8-4-7-26(23-27)35-34-36(38(53)42-29-12-13-32(31(40)25-29)51-19-21-54-22-20-51)46-47-37(34)45-39(44-35)43-28-9-5-10-30(24-28)50-17-15-49(3)16-18-50/h4-13,23-25H,14-22H2,1-3H3,(H,41,52)(H,42,53)(H2,43,44,45,46,47)/b11-6+. The maximum atomic E-state index is 15.2. The first-order valence-electron chi connectivity index (χ1n) is 17.9. The molecule has 3 aromatic carbocycles. The summed E-state index contributed by atoms with van der Waals surface area (Å²) in [5, 5.41) is 16.7. The number of nitrogens with one attached hydrogen (secondary N) is 4.